The van der Waals surface area contributed by atoms with E-state index >= 15 is 0 Å². The molecule has 0 unspecified atom stereocenters. The van der Waals surface area contributed by atoms with Crippen LogP contribution in [0.3, 0.4) is 0 Å². The third-order valence-corrected chi connectivity index (χ3v) is 7.88. The van der Waals surface area contributed by atoms with Gasteiger partial charge in [-0.05, 0) is 43.2 Å². The molecule has 35 heavy (non-hydrogen) atoms. The molecule has 0 aromatic heterocycles. The number of amides is 2. The van der Waals surface area contributed by atoms with E-state index in [0.717, 1.165) is 33.4 Å². The van der Waals surface area contributed by atoms with Crippen LogP contribution in [0.1, 0.15) is 32.3 Å². The molecule has 2 aromatic carbocycles. The van der Waals surface area contributed by atoms with Crippen LogP contribution in [-0.2, 0) is 26.2 Å². The number of benzene rings is 2. The standard InChI is InChI=1S/C23H27BrCl3N3O4S/c1-4-5-10-28-23(32)15(2)29(13-16-6-8-17(24)9-7-16)22(31)14-30(35(3,33)34)21-12-19(26)18(25)11-20(21)27/h6-9,11-12,15H,4-5,10,13-14H2,1-3H3,(H,28,32)/t15-/m0/s1. The summed E-state index contributed by atoms with van der Waals surface area (Å²) >= 11 is 21.7. The van der Waals surface area contributed by atoms with Gasteiger partial charge in [-0.2, -0.15) is 0 Å². The largest absolute Gasteiger partial charge is 0.354 e. The number of carbonyl (C=O) groups excluding carboxylic acids is 2. The number of sulfonamides is 1. The summed E-state index contributed by atoms with van der Waals surface area (Å²) in [4.78, 5) is 27.7. The van der Waals surface area contributed by atoms with Crippen molar-refractivity contribution in [1.29, 1.82) is 0 Å². The fourth-order valence-corrected chi connectivity index (χ4v) is 5.01. The first-order valence-electron chi connectivity index (χ1n) is 10.8. The summed E-state index contributed by atoms with van der Waals surface area (Å²) in [6.45, 7) is 3.61. The van der Waals surface area contributed by atoms with E-state index in [1.807, 2.05) is 31.2 Å². The number of halogens is 4. The highest BCUT2D eigenvalue weighted by Crippen LogP contribution is 2.35. The molecular weight excluding hydrogens is 601 g/mol. The minimum atomic E-state index is -3.95. The number of hydrogen-bond donors (Lipinski definition) is 1. The van der Waals surface area contributed by atoms with Crippen molar-refractivity contribution in [3.05, 3.63) is 61.5 Å². The number of hydrogen-bond acceptors (Lipinski definition) is 4. The van der Waals surface area contributed by atoms with Crippen LogP contribution >= 0.6 is 50.7 Å². The van der Waals surface area contributed by atoms with Gasteiger partial charge in [0.05, 0.1) is 27.0 Å². The van der Waals surface area contributed by atoms with Crippen LogP contribution in [0.25, 0.3) is 0 Å². The summed E-state index contributed by atoms with van der Waals surface area (Å²) < 4.78 is 27.0. The fourth-order valence-electron chi connectivity index (χ4n) is 3.20. The molecule has 7 nitrogen and oxygen atoms in total. The van der Waals surface area contributed by atoms with Gasteiger partial charge in [-0.25, -0.2) is 8.42 Å². The zero-order chi connectivity index (χ0) is 26.3. The second-order valence-electron chi connectivity index (χ2n) is 7.96. The van der Waals surface area contributed by atoms with Gasteiger partial charge in [-0.3, -0.25) is 13.9 Å². The lowest BCUT2D eigenvalue weighted by molar-refractivity contribution is -0.139. The van der Waals surface area contributed by atoms with Crippen LogP contribution in [0.4, 0.5) is 5.69 Å². The Bertz CT molecular complexity index is 1160. The minimum Gasteiger partial charge on any atom is -0.354 e. The molecule has 1 N–H and O–H groups in total. The Morgan fingerprint density at radius 3 is 2.23 bits per heavy atom. The summed E-state index contributed by atoms with van der Waals surface area (Å²) in [6.07, 6.45) is 2.67. The molecular formula is C23H27BrCl3N3O4S. The van der Waals surface area contributed by atoms with E-state index in [9.17, 15) is 18.0 Å². The van der Waals surface area contributed by atoms with Gasteiger partial charge < -0.3 is 10.2 Å². The molecule has 0 saturated heterocycles. The van der Waals surface area contributed by atoms with E-state index in [-0.39, 0.29) is 33.2 Å². The van der Waals surface area contributed by atoms with Gasteiger partial charge in [0.15, 0.2) is 0 Å². The summed E-state index contributed by atoms with van der Waals surface area (Å²) in [5, 5.41) is 3.08. The average molecular weight is 628 g/mol. The zero-order valence-electron chi connectivity index (χ0n) is 19.5. The molecule has 0 heterocycles. The first-order chi connectivity index (χ1) is 16.3. The second-order valence-corrected chi connectivity index (χ2v) is 12.0. The summed E-state index contributed by atoms with van der Waals surface area (Å²) in [5.41, 5.74) is 0.786. The number of carbonyl (C=O) groups is 2. The highest BCUT2D eigenvalue weighted by atomic mass is 79.9. The predicted octanol–water partition coefficient (Wildman–Crippen LogP) is 5.51. The van der Waals surface area contributed by atoms with Crippen molar-refractivity contribution in [3.8, 4) is 0 Å². The van der Waals surface area contributed by atoms with Gasteiger partial charge in [0, 0.05) is 17.6 Å². The highest BCUT2D eigenvalue weighted by Gasteiger charge is 2.31. The Balaban J connectivity index is 2.41. The van der Waals surface area contributed by atoms with Crippen LogP contribution in [0.2, 0.25) is 15.1 Å². The van der Waals surface area contributed by atoms with Crippen molar-refractivity contribution in [2.24, 2.45) is 0 Å². The van der Waals surface area contributed by atoms with Crippen molar-refractivity contribution in [2.45, 2.75) is 39.3 Å². The predicted molar refractivity (Wildman–Crippen MR) is 146 cm³/mol. The van der Waals surface area contributed by atoms with Gasteiger partial charge >= 0.3 is 0 Å². The maximum absolute atomic E-state index is 13.5. The van der Waals surface area contributed by atoms with E-state index in [4.69, 9.17) is 34.8 Å². The van der Waals surface area contributed by atoms with Gasteiger partial charge in [-0.1, -0.05) is 76.2 Å². The van der Waals surface area contributed by atoms with Crippen molar-refractivity contribution in [2.75, 3.05) is 23.7 Å². The molecule has 0 radical (unpaired) electrons. The number of nitrogens with zero attached hydrogens (tertiary/aromatic N) is 2. The molecule has 0 aliphatic rings. The average Bonchev–Trinajstić information content (AvgIpc) is 2.78. The molecule has 12 heteroatoms. The van der Waals surface area contributed by atoms with E-state index in [1.165, 1.54) is 17.0 Å². The summed E-state index contributed by atoms with van der Waals surface area (Å²) in [5.74, 6) is -0.916. The van der Waals surface area contributed by atoms with Crippen LogP contribution < -0.4 is 9.62 Å². The third kappa shape index (κ3) is 8.53. The molecule has 192 valence electrons. The van der Waals surface area contributed by atoms with E-state index in [0.29, 0.717) is 6.54 Å². The highest BCUT2D eigenvalue weighted by molar-refractivity contribution is 9.10. The maximum atomic E-state index is 13.5. The molecule has 1 atom stereocenters. The Morgan fingerprint density at radius 2 is 1.66 bits per heavy atom. The van der Waals surface area contributed by atoms with Crippen molar-refractivity contribution >= 4 is 78.3 Å². The second kappa shape index (κ2) is 13.1. The van der Waals surface area contributed by atoms with Crippen LogP contribution in [0.15, 0.2) is 40.9 Å². The van der Waals surface area contributed by atoms with E-state index < -0.39 is 28.5 Å². The number of unbranched alkanes of at least 4 members (excludes halogenated alkanes) is 1. The number of rotatable bonds is 11. The fraction of sp³-hybridized carbons (Fsp3) is 0.391. The first kappa shape index (κ1) is 29.7. The lowest BCUT2D eigenvalue weighted by atomic mass is 10.1. The van der Waals surface area contributed by atoms with Gasteiger partial charge in [0.1, 0.15) is 12.6 Å². The normalized spacial score (nSPS) is 12.2. The first-order valence-corrected chi connectivity index (χ1v) is 14.6. The SMILES string of the molecule is CCCCNC(=O)[C@H](C)N(Cc1ccc(Br)cc1)C(=O)CN(c1cc(Cl)c(Cl)cc1Cl)S(C)(=O)=O. The van der Waals surface area contributed by atoms with Gasteiger partial charge in [-0.15, -0.1) is 0 Å². The molecule has 0 spiro atoms. The van der Waals surface area contributed by atoms with Crippen LogP contribution in [-0.4, -0.2) is 50.5 Å². The Labute approximate surface area is 229 Å². The van der Waals surface area contributed by atoms with Crippen LogP contribution in [0.5, 0.6) is 0 Å². The smallest absolute Gasteiger partial charge is 0.244 e. The minimum absolute atomic E-state index is 0.0144. The van der Waals surface area contributed by atoms with Gasteiger partial charge in [0.2, 0.25) is 21.8 Å². The molecule has 0 saturated carbocycles. The van der Waals surface area contributed by atoms with E-state index in [2.05, 4.69) is 21.2 Å². The van der Waals surface area contributed by atoms with Gasteiger partial charge in [0.25, 0.3) is 0 Å². The lowest BCUT2D eigenvalue weighted by Crippen LogP contribution is -2.51. The number of nitrogens with one attached hydrogen (secondary N) is 1. The van der Waals surface area contributed by atoms with Crippen LogP contribution in [0, 0.1) is 0 Å². The quantitative estimate of drug-likeness (QED) is 0.263. The summed E-state index contributed by atoms with van der Waals surface area (Å²) in [7, 11) is -3.95. The molecule has 2 rings (SSSR count). The Hall–Kier alpha value is -1.52. The summed E-state index contributed by atoms with van der Waals surface area (Å²) in [6, 6.07) is 9.03. The lowest BCUT2D eigenvalue weighted by Gasteiger charge is -2.31. The van der Waals surface area contributed by atoms with Crippen molar-refractivity contribution in [1.82, 2.24) is 10.2 Å². The Kier molecular flexibility index (Phi) is 11.2. The molecule has 0 fully saturated rings. The number of anilines is 1. The Morgan fingerprint density at radius 1 is 1.06 bits per heavy atom. The molecule has 2 aromatic rings. The zero-order valence-corrected chi connectivity index (χ0v) is 24.2. The van der Waals surface area contributed by atoms with E-state index in [1.54, 1.807) is 6.92 Å². The molecule has 0 aliphatic carbocycles. The molecule has 0 bridgehead atoms. The van der Waals surface area contributed by atoms with Crippen molar-refractivity contribution < 1.29 is 18.0 Å². The molecule has 2 amide bonds. The maximum Gasteiger partial charge on any atom is 0.244 e. The monoisotopic (exact) mass is 625 g/mol. The topological polar surface area (TPSA) is 86.8 Å². The molecule has 0 aliphatic heterocycles. The van der Waals surface area contributed by atoms with Crippen molar-refractivity contribution in [3.63, 3.8) is 0 Å². The third-order valence-electron chi connectivity index (χ3n) is 5.20.